The number of aryl methyl sites for hydroxylation is 2. The molecule has 0 saturated heterocycles. The highest BCUT2D eigenvalue weighted by atomic mass is 35.5. The minimum absolute atomic E-state index is 0.105. The van der Waals surface area contributed by atoms with Crippen LogP contribution in [0.4, 0.5) is 0 Å². The fraction of sp³-hybridized carbons (Fsp3) is 0.263. The van der Waals surface area contributed by atoms with Crippen molar-refractivity contribution in [1.29, 1.82) is 0 Å². The molecule has 1 atom stereocenters. The fourth-order valence-electron chi connectivity index (χ4n) is 3.64. The maximum atomic E-state index is 12.7. The first-order chi connectivity index (χ1) is 11.9. The van der Waals surface area contributed by atoms with Crippen molar-refractivity contribution in [1.82, 2.24) is 9.71 Å². The van der Waals surface area contributed by atoms with E-state index in [0.717, 1.165) is 29.3 Å². The predicted octanol–water partition coefficient (Wildman–Crippen LogP) is 3.97. The van der Waals surface area contributed by atoms with Crippen molar-refractivity contribution < 1.29 is 8.42 Å². The molecular weight excluding hydrogens is 356 g/mol. The molecule has 4 nitrogen and oxygen atoms in total. The number of fused-ring (bicyclic) bond motifs is 3. The Labute approximate surface area is 152 Å². The number of halogens is 1. The van der Waals surface area contributed by atoms with Crippen LogP contribution in [0.25, 0.3) is 10.9 Å². The Hall–Kier alpha value is -1.82. The molecule has 0 fully saturated rings. The maximum absolute atomic E-state index is 12.7. The van der Waals surface area contributed by atoms with E-state index in [-0.39, 0.29) is 6.04 Å². The first-order valence-electron chi connectivity index (χ1n) is 8.31. The van der Waals surface area contributed by atoms with Crippen LogP contribution in [-0.4, -0.2) is 19.4 Å². The predicted molar refractivity (Wildman–Crippen MR) is 101 cm³/mol. The van der Waals surface area contributed by atoms with Gasteiger partial charge in [-0.1, -0.05) is 35.9 Å². The van der Waals surface area contributed by atoms with Crippen molar-refractivity contribution in [2.45, 2.75) is 37.1 Å². The first kappa shape index (κ1) is 16.6. The van der Waals surface area contributed by atoms with E-state index < -0.39 is 10.0 Å². The maximum Gasteiger partial charge on any atom is 0.241 e. The summed E-state index contributed by atoms with van der Waals surface area (Å²) < 4.78 is 28.4. The van der Waals surface area contributed by atoms with E-state index in [2.05, 4.69) is 9.71 Å². The van der Waals surface area contributed by atoms with Crippen LogP contribution in [0.2, 0.25) is 5.02 Å². The quantitative estimate of drug-likeness (QED) is 0.728. The van der Waals surface area contributed by atoms with E-state index >= 15 is 0 Å². The molecular formula is C19H19ClN2O2S. The number of benzene rings is 2. The molecule has 0 aliphatic heterocycles. The van der Waals surface area contributed by atoms with Crippen LogP contribution >= 0.6 is 11.6 Å². The largest absolute Gasteiger partial charge is 0.358 e. The van der Waals surface area contributed by atoms with E-state index in [9.17, 15) is 8.42 Å². The van der Waals surface area contributed by atoms with Crippen LogP contribution < -0.4 is 4.72 Å². The molecule has 0 amide bonds. The molecule has 1 unspecified atom stereocenters. The molecule has 130 valence electrons. The molecule has 2 N–H and O–H groups in total. The van der Waals surface area contributed by atoms with Gasteiger partial charge in [0.1, 0.15) is 0 Å². The number of hydrogen-bond acceptors (Lipinski definition) is 2. The summed E-state index contributed by atoms with van der Waals surface area (Å²) >= 11 is 6.07. The van der Waals surface area contributed by atoms with E-state index in [1.54, 1.807) is 12.1 Å². The van der Waals surface area contributed by atoms with Crippen LogP contribution in [0, 0.1) is 6.92 Å². The number of H-pyrrole nitrogens is 1. The third kappa shape index (κ3) is 3.08. The Bertz CT molecular complexity index is 1060. The summed E-state index contributed by atoms with van der Waals surface area (Å²) in [4.78, 5) is 3.77. The normalized spacial score (nSPS) is 17.6. The van der Waals surface area contributed by atoms with Gasteiger partial charge in [-0.3, -0.25) is 0 Å². The zero-order valence-corrected chi connectivity index (χ0v) is 15.4. The lowest BCUT2D eigenvalue weighted by atomic mass is 9.92. The molecule has 25 heavy (non-hydrogen) atoms. The number of rotatable bonds is 3. The Morgan fingerprint density at radius 1 is 1.20 bits per heavy atom. The summed E-state index contributed by atoms with van der Waals surface area (Å²) in [6.07, 6.45) is 2.28. The summed E-state index contributed by atoms with van der Waals surface area (Å²) in [5.41, 5.74) is 4.15. The molecule has 0 spiro atoms. The lowest BCUT2D eigenvalue weighted by Crippen LogP contribution is -2.38. The highest BCUT2D eigenvalue weighted by Gasteiger charge is 2.27. The summed E-state index contributed by atoms with van der Waals surface area (Å²) in [5.74, 6) is 0. The van der Waals surface area contributed by atoms with Crippen LogP contribution in [0.5, 0.6) is 0 Å². The molecule has 0 saturated carbocycles. The highest BCUT2D eigenvalue weighted by molar-refractivity contribution is 7.89. The van der Waals surface area contributed by atoms with Crippen molar-refractivity contribution in [3.63, 3.8) is 0 Å². The third-order valence-electron chi connectivity index (χ3n) is 4.85. The molecule has 2 aromatic carbocycles. The Morgan fingerprint density at radius 3 is 2.80 bits per heavy atom. The smallest absolute Gasteiger partial charge is 0.241 e. The molecule has 1 aliphatic rings. The van der Waals surface area contributed by atoms with Gasteiger partial charge in [0.2, 0.25) is 10.0 Å². The highest BCUT2D eigenvalue weighted by Crippen LogP contribution is 2.31. The van der Waals surface area contributed by atoms with Crippen LogP contribution in [0.15, 0.2) is 47.4 Å². The molecule has 4 rings (SSSR count). The van der Waals surface area contributed by atoms with Crippen LogP contribution in [0.1, 0.15) is 23.2 Å². The van der Waals surface area contributed by atoms with Gasteiger partial charge in [0, 0.05) is 27.7 Å². The Balaban J connectivity index is 1.63. The van der Waals surface area contributed by atoms with E-state index in [1.807, 2.05) is 37.3 Å². The van der Waals surface area contributed by atoms with Gasteiger partial charge in [-0.25, -0.2) is 13.1 Å². The minimum Gasteiger partial charge on any atom is -0.358 e. The number of sulfonamides is 1. The topological polar surface area (TPSA) is 62.0 Å². The molecule has 6 heteroatoms. The average molecular weight is 375 g/mol. The van der Waals surface area contributed by atoms with E-state index in [0.29, 0.717) is 16.3 Å². The van der Waals surface area contributed by atoms with Gasteiger partial charge >= 0.3 is 0 Å². The number of aromatic amines is 1. The van der Waals surface area contributed by atoms with Gasteiger partial charge in [-0.2, -0.15) is 0 Å². The lowest BCUT2D eigenvalue weighted by Gasteiger charge is -2.24. The third-order valence-corrected chi connectivity index (χ3v) is 6.77. The average Bonchev–Trinajstić information content (AvgIpc) is 2.91. The van der Waals surface area contributed by atoms with Crippen LogP contribution in [-0.2, 0) is 22.9 Å². The number of aromatic nitrogens is 1. The number of hydrogen-bond donors (Lipinski definition) is 2. The second-order valence-corrected chi connectivity index (χ2v) is 8.72. The molecule has 1 aromatic heterocycles. The van der Waals surface area contributed by atoms with Gasteiger partial charge in [-0.05, 0) is 55.5 Å². The van der Waals surface area contributed by atoms with Gasteiger partial charge in [0.15, 0.2) is 0 Å². The Kier molecular flexibility index (Phi) is 4.10. The van der Waals surface area contributed by atoms with E-state index in [1.165, 1.54) is 11.3 Å². The van der Waals surface area contributed by atoms with Crippen molar-refractivity contribution >= 4 is 32.5 Å². The van der Waals surface area contributed by atoms with Crippen molar-refractivity contribution in [3.8, 4) is 0 Å². The van der Waals surface area contributed by atoms with E-state index in [4.69, 9.17) is 11.6 Å². The second kappa shape index (κ2) is 6.16. The SMILES string of the molecule is Cc1ccccc1S(=O)(=O)NC1CCc2[nH]c3cc(Cl)ccc3c2C1. The second-order valence-electron chi connectivity index (χ2n) is 6.60. The van der Waals surface area contributed by atoms with Crippen LogP contribution in [0.3, 0.4) is 0 Å². The van der Waals surface area contributed by atoms with Gasteiger partial charge in [0.05, 0.1) is 4.90 Å². The Morgan fingerprint density at radius 2 is 2.00 bits per heavy atom. The zero-order chi connectivity index (χ0) is 17.6. The fourth-order valence-corrected chi connectivity index (χ4v) is 5.33. The van der Waals surface area contributed by atoms with Crippen molar-refractivity contribution in [3.05, 3.63) is 64.3 Å². The minimum atomic E-state index is -3.52. The molecule has 3 aromatic rings. The first-order valence-corrected chi connectivity index (χ1v) is 10.2. The molecule has 1 aliphatic carbocycles. The van der Waals surface area contributed by atoms with Gasteiger partial charge in [-0.15, -0.1) is 0 Å². The monoisotopic (exact) mass is 374 g/mol. The summed E-state index contributed by atoms with van der Waals surface area (Å²) in [7, 11) is -3.52. The number of nitrogens with one attached hydrogen (secondary N) is 2. The molecule has 1 heterocycles. The zero-order valence-electron chi connectivity index (χ0n) is 13.8. The standard InChI is InChI=1S/C19H19ClN2O2S/c1-12-4-2-3-5-19(12)25(23,24)22-14-7-9-17-16(11-14)15-8-6-13(20)10-18(15)21-17/h2-6,8,10,14,21-22H,7,9,11H2,1H3. The molecule has 0 bridgehead atoms. The lowest BCUT2D eigenvalue weighted by molar-refractivity contribution is 0.506. The summed E-state index contributed by atoms with van der Waals surface area (Å²) in [6.45, 7) is 1.82. The van der Waals surface area contributed by atoms with Gasteiger partial charge < -0.3 is 4.98 Å². The molecule has 0 radical (unpaired) electrons. The van der Waals surface area contributed by atoms with Crippen molar-refractivity contribution in [2.75, 3.05) is 0 Å². The summed E-state index contributed by atoms with van der Waals surface area (Å²) in [5, 5.41) is 1.82. The summed E-state index contributed by atoms with van der Waals surface area (Å²) in [6, 6.07) is 12.8. The van der Waals surface area contributed by atoms with Gasteiger partial charge in [0.25, 0.3) is 0 Å². The van der Waals surface area contributed by atoms with Crippen molar-refractivity contribution in [2.24, 2.45) is 0 Å².